The molecule has 1 rings (SSSR count). The standard InChI is InChI=1S/C13H19ClN2O3/c14-11-3-1-10(2-4-11)8-19-9-12(17)7-16-6-5-13(15)18/h1-4,12,16-17H,5-9H2,(H2,15,18). The molecule has 0 radical (unpaired) electrons. The Morgan fingerprint density at radius 2 is 2.11 bits per heavy atom. The number of nitrogens with one attached hydrogen (secondary N) is 1. The zero-order chi connectivity index (χ0) is 14.1. The molecular formula is C13H19ClN2O3. The van der Waals surface area contributed by atoms with Crippen molar-refractivity contribution in [3.63, 3.8) is 0 Å². The molecule has 0 saturated carbocycles. The summed E-state index contributed by atoms with van der Waals surface area (Å²) in [6.45, 7) is 1.49. The molecule has 0 aliphatic rings. The number of halogens is 1. The number of amides is 1. The SMILES string of the molecule is NC(=O)CCNCC(O)COCc1ccc(Cl)cc1. The summed E-state index contributed by atoms with van der Waals surface area (Å²) in [7, 11) is 0. The third-order valence-corrected chi connectivity index (χ3v) is 2.67. The fourth-order valence-electron chi connectivity index (χ4n) is 1.43. The number of nitrogens with two attached hydrogens (primary N) is 1. The third-order valence-electron chi connectivity index (χ3n) is 2.42. The van der Waals surface area contributed by atoms with E-state index in [9.17, 15) is 9.90 Å². The molecule has 0 aliphatic heterocycles. The van der Waals surface area contributed by atoms with Crippen LogP contribution in [0.3, 0.4) is 0 Å². The summed E-state index contributed by atoms with van der Waals surface area (Å²) in [5.74, 6) is -0.360. The van der Waals surface area contributed by atoms with Crippen molar-refractivity contribution in [2.75, 3.05) is 19.7 Å². The number of carbonyl (C=O) groups is 1. The van der Waals surface area contributed by atoms with Crippen LogP contribution in [0.4, 0.5) is 0 Å². The summed E-state index contributed by atoms with van der Waals surface area (Å²) in [5, 5.41) is 13.2. The first-order valence-electron chi connectivity index (χ1n) is 6.07. The van der Waals surface area contributed by atoms with E-state index in [1.165, 1.54) is 0 Å². The number of hydrogen-bond acceptors (Lipinski definition) is 4. The first-order valence-corrected chi connectivity index (χ1v) is 6.45. The van der Waals surface area contributed by atoms with Gasteiger partial charge in [0.1, 0.15) is 0 Å². The molecule has 1 unspecified atom stereocenters. The lowest BCUT2D eigenvalue weighted by Gasteiger charge is -2.12. The Balaban J connectivity index is 2.08. The van der Waals surface area contributed by atoms with Gasteiger partial charge in [-0.2, -0.15) is 0 Å². The predicted molar refractivity (Wildman–Crippen MR) is 73.8 cm³/mol. The number of benzene rings is 1. The summed E-state index contributed by atoms with van der Waals surface area (Å²) in [4.78, 5) is 10.5. The van der Waals surface area contributed by atoms with Crippen LogP contribution in [0.5, 0.6) is 0 Å². The topological polar surface area (TPSA) is 84.6 Å². The van der Waals surface area contributed by atoms with Crippen molar-refractivity contribution in [3.05, 3.63) is 34.9 Å². The van der Waals surface area contributed by atoms with Crippen LogP contribution in [0.15, 0.2) is 24.3 Å². The summed E-state index contributed by atoms with van der Waals surface area (Å²) < 4.78 is 5.37. The molecule has 19 heavy (non-hydrogen) atoms. The average molecular weight is 287 g/mol. The molecular weight excluding hydrogens is 268 g/mol. The van der Waals surface area contributed by atoms with Gasteiger partial charge in [0.05, 0.1) is 19.3 Å². The maximum Gasteiger partial charge on any atom is 0.218 e. The van der Waals surface area contributed by atoms with Crippen LogP contribution in [-0.2, 0) is 16.1 Å². The highest BCUT2D eigenvalue weighted by Crippen LogP contribution is 2.10. The predicted octanol–water partition coefficient (Wildman–Crippen LogP) is 0.683. The summed E-state index contributed by atoms with van der Waals surface area (Å²) in [5.41, 5.74) is 5.99. The van der Waals surface area contributed by atoms with Crippen molar-refractivity contribution in [3.8, 4) is 0 Å². The van der Waals surface area contributed by atoms with Crippen LogP contribution >= 0.6 is 11.6 Å². The Morgan fingerprint density at radius 3 is 2.74 bits per heavy atom. The second kappa shape index (κ2) is 8.87. The molecule has 0 spiro atoms. The van der Waals surface area contributed by atoms with Crippen LogP contribution in [-0.4, -0.2) is 36.8 Å². The van der Waals surface area contributed by atoms with Crippen molar-refractivity contribution < 1.29 is 14.6 Å². The number of aliphatic hydroxyl groups is 1. The first-order chi connectivity index (χ1) is 9.08. The Morgan fingerprint density at radius 1 is 1.42 bits per heavy atom. The van der Waals surface area contributed by atoms with Crippen LogP contribution < -0.4 is 11.1 Å². The van der Waals surface area contributed by atoms with Crippen molar-refractivity contribution in [1.29, 1.82) is 0 Å². The number of ether oxygens (including phenoxy) is 1. The van der Waals surface area contributed by atoms with Gasteiger partial charge in [-0.1, -0.05) is 23.7 Å². The monoisotopic (exact) mass is 286 g/mol. The molecule has 0 bridgehead atoms. The number of primary amides is 1. The fraction of sp³-hybridized carbons (Fsp3) is 0.462. The molecule has 0 saturated heterocycles. The molecule has 5 nitrogen and oxygen atoms in total. The Labute approximate surface area is 117 Å². The van der Waals surface area contributed by atoms with Gasteiger partial charge in [-0.25, -0.2) is 0 Å². The van der Waals surface area contributed by atoms with E-state index in [1.807, 2.05) is 12.1 Å². The molecule has 0 heterocycles. The van der Waals surface area contributed by atoms with Gasteiger partial charge in [0.15, 0.2) is 0 Å². The molecule has 0 fully saturated rings. The molecule has 0 aliphatic carbocycles. The van der Waals surface area contributed by atoms with Crippen LogP contribution in [0.2, 0.25) is 5.02 Å². The second-order valence-corrected chi connectivity index (χ2v) is 4.65. The maximum absolute atomic E-state index is 10.5. The lowest BCUT2D eigenvalue weighted by Crippen LogP contribution is -2.32. The largest absolute Gasteiger partial charge is 0.389 e. The molecule has 4 N–H and O–H groups in total. The van der Waals surface area contributed by atoms with E-state index in [-0.39, 0.29) is 18.9 Å². The first kappa shape index (κ1) is 15.9. The van der Waals surface area contributed by atoms with Crippen molar-refractivity contribution >= 4 is 17.5 Å². The molecule has 1 aromatic rings. The smallest absolute Gasteiger partial charge is 0.218 e. The van der Waals surface area contributed by atoms with E-state index in [4.69, 9.17) is 22.1 Å². The Bertz CT molecular complexity index is 384. The van der Waals surface area contributed by atoms with Crippen molar-refractivity contribution in [1.82, 2.24) is 5.32 Å². The number of rotatable bonds is 9. The highest BCUT2D eigenvalue weighted by molar-refractivity contribution is 6.30. The molecule has 1 aromatic carbocycles. The zero-order valence-electron chi connectivity index (χ0n) is 10.6. The fourth-order valence-corrected chi connectivity index (χ4v) is 1.56. The van der Waals surface area contributed by atoms with E-state index in [2.05, 4.69) is 5.32 Å². The van der Waals surface area contributed by atoms with Crippen LogP contribution in [0.1, 0.15) is 12.0 Å². The number of aliphatic hydroxyl groups excluding tert-OH is 1. The third kappa shape index (κ3) is 7.79. The lowest BCUT2D eigenvalue weighted by molar-refractivity contribution is -0.117. The van der Waals surface area contributed by atoms with Crippen LogP contribution in [0, 0.1) is 0 Å². The molecule has 1 atom stereocenters. The molecule has 106 valence electrons. The Hall–Kier alpha value is -1.14. The van der Waals surface area contributed by atoms with Crippen LogP contribution in [0.25, 0.3) is 0 Å². The maximum atomic E-state index is 10.5. The summed E-state index contributed by atoms with van der Waals surface area (Å²) in [6.07, 6.45) is -0.349. The van der Waals surface area contributed by atoms with Gasteiger partial charge in [-0.15, -0.1) is 0 Å². The Kier molecular flexibility index (Phi) is 7.43. The minimum absolute atomic E-state index is 0.228. The van der Waals surface area contributed by atoms with Crippen molar-refractivity contribution in [2.24, 2.45) is 5.73 Å². The highest BCUT2D eigenvalue weighted by Gasteiger charge is 2.04. The van der Waals surface area contributed by atoms with E-state index in [1.54, 1.807) is 12.1 Å². The normalized spacial score (nSPS) is 12.3. The molecule has 0 aromatic heterocycles. The van der Waals surface area contributed by atoms with Gasteiger partial charge in [0.2, 0.25) is 5.91 Å². The summed E-state index contributed by atoms with van der Waals surface area (Å²) >= 11 is 5.77. The van der Waals surface area contributed by atoms with Gasteiger partial charge in [0, 0.05) is 24.5 Å². The second-order valence-electron chi connectivity index (χ2n) is 4.22. The number of carbonyl (C=O) groups excluding carboxylic acids is 1. The molecule has 6 heteroatoms. The molecule has 1 amide bonds. The number of hydrogen-bond donors (Lipinski definition) is 3. The summed E-state index contributed by atoms with van der Waals surface area (Å²) in [6, 6.07) is 7.34. The highest BCUT2D eigenvalue weighted by atomic mass is 35.5. The lowest BCUT2D eigenvalue weighted by atomic mass is 10.2. The van der Waals surface area contributed by atoms with Crippen molar-refractivity contribution in [2.45, 2.75) is 19.1 Å². The van der Waals surface area contributed by atoms with Gasteiger partial charge >= 0.3 is 0 Å². The quantitative estimate of drug-likeness (QED) is 0.583. The average Bonchev–Trinajstić information content (AvgIpc) is 2.37. The minimum atomic E-state index is -0.611. The van der Waals surface area contributed by atoms with Gasteiger partial charge in [-0.3, -0.25) is 4.79 Å². The van der Waals surface area contributed by atoms with E-state index in [0.29, 0.717) is 24.7 Å². The van der Waals surface area contributed by atoms with Gasteiger partial charge < -0.3 is 20.9 Å². The van der Waals surface area contributed by atoms with E-state index >= 15 is 0 Å². The van der Waals surface area contributed by atoms with E-state index < -0.39 is 6.10 Å². The van der Waals surface area contributed by atoms with Gasteiger partial charge in [0.25, 0.3) is 0 Å². The minimum Gasteiger partial charge on any atom is -0.389 e. The van der Waals surface area contributed by atoms with Gasteiger partial charge in [-0.05, 0) is 17.7 Å². The van der Waals surface area contributed by atoms with E-state index in [0.717, 1.165) is 5.56 Å². The zero-order valence-corrected chi connectivity index (χ0v) is 11.4.